The Kier molecular flexibility index (Phi) is 8.74. The van der Waals surface area contributed by atoms with Crippen LogP contribution in [0.25, 0.3) is 0 Å². The van der Waals surface area contributed by atoms with Crippen LogP contribution in [0.2, 0.25) is 0 Å². The number of carbonyl (C=O) groups excluding carboxylic acids is 3. The fourth-order valence-electron chi connectivity index (χ4n) is 5.17. The Labute approximate surface area is 213 Å². The van der Waals surface area contributed by atoms with Crippen LogP contribution < -0.4 is 10.6 Å². The van der Waals surface area contributed by atoms with Gasteiger partial charge in [0.2, 0.25) is 11.8 Å². The Morgan fingerprint density at radius 1 is 1.08 bits per heavy atom. The topological polar surface area (TPSA) is 99.6 Å². The first-order valence-electron chi connectivity index (χ1n) is 13.1. The van der Waals surface area contributed by atoms with Crippen molar-refractivity contribution in [2.75, 3.05) is 31.5 Å². The Hall–Kier alpha value is -3.20. The molecule has 0 bridgehead atoms. The molecule has 2 aliphatic rings. The van der Waals surface area contributed by atoms with Gasteiger partial charge in [-0.2, -0.15) is 5.10 Å². The van der Waals surface area contributed by atoms with E-state index in [2.05, 4.69) is 27.6 Å². The third kappa shape index (κ3) is 6.51. The van der Waals surface area contributed by atoms with Crippen LogP contribution in [0.15, 0.2) is 30.3 Å². The van der Waals surface area contributed by atoms with Gasteiger partial charge in [0, 0.05) is 75.5 Å². The molecule has 1 fully saturated rings. The van der Waals surface area contributed by atoms with Crippen molar-refractivity contribution in [3.8, 4) is 0 Å². The van der Waals surface area contributed by atoms with Gasteiger partial charge in [-0.05, 0) is 44.9 Å². The van der Waals surface area contributed by atoms with Gasteiger partial charge in [-0.25, -0.2) is 0 Å². The number of aromatic nitrogens is 2. The second-order valence-electron chi connectivity index (χ2n) is 9.87. The summed E-state index contributed by atoms with van der Waals surface area (Å²) >= 11 is 0. The van der Waals surface area contributed by atoms with Gasteiger partial charge in [-0.15, -0.1) is 0 Å². The molecule has 2 N–H and O–H groups in total. The molecular weight excluding hydrogens is 456 g/mol. The van der Waals surface area contributed by atoms with E-state index in [1.807, 2.05) is 37.4 Å². The normalized spacial score (nSPS) is 17.9. The molecule has 2 aromatic rings. The number of hydrogen-bond donors (Lipinski definition) is 2. The highest BCUT2D eigenvalue weighted by Crippen LogP contribution is 2.24. The minimum absolute atomic E-state index is 0.0730. The molecule has 3 amide bonds. The summed E-state index contributed by atoms with van der Waals surface area (Å²) in [6.07, 6.45) is 5.72. The Balaban J connectivity index is 1.23. The largest absolute Gasteiger partial charge is 0.356 e. The SMILES string of the molecule is CC1CCCCN1CCCNC(=O)CCC(=O)N1CCc2c(c(C(=O)Nc3ccccc3)nn2C)C1. The number of fused-ring (bicyclic) bond motifs is 1. The van der Waals surface area contributed by atoms with Crippen molar-refractivity contribution in [1.82, 2.24) is 24.9 Å². The maximum atomic E-state index is 12.9. The van der Waals surface area contributed by atoms with Crippen LogP contribution in [0.4, 0.5) is 5.69 Å². The van der Waals surface area contributed by atoms with E-state index in [9.17, 15) is 14.4 Å². The van der Waals surface area contributed by atoms with Crippen LogP contribution in [0.1, 0.15) is 67.2 Å². The number of amides is 3. The predicted molar refractivity (Wildman–Crippen MR) is 138 cm³/mol. The average molecular weight is 495 g/mol. The number of hydrogen-bond acceptors (Lipinski definition) is 5. The molecule has 0 radical (unpaired) electrons. The van der Waals surface area contributed by atoms with Crippen LogP contribution in [-0.4, -0.2) is 69.5 Å². The number of likely N-dealkylation sites (tertiary alicyclic amines) is 1. The van der Waals surface area contributed by atoms with Crippen LogP contribution in [0.3, 0.4) is 0 Å². The van der Waals surface area contributed by atoms with Gasteiger partial charge >= 0.3 is 0 Å². The molecule has 4 rings (SSSR count). The van der Waals surface area contributed by atoms with Gasteiger partial charge in [-0.1, -0.05) is 24.6 Å². The molecule has 0 saturated carbocycles. The first-order chi connectivity index (χ1) is 17.4. The van der Waals surface area contributed by atoms with Crippen molar-refractivity contribution in [3.05, 3.63) is 47.3 Å². The summed E-state index contributed by atoms with van der Waals surface area (Å²) in [6.45, 7) is 5.95. The molecule has 1 aromatic heterocycles. The number of para-hydroxylation sites is 1. The molecule has 0 aliphatic carbocycles. The number of nitrogens with one attached hydrogen (secondary N) is 2. The first-order valence-corrected chi connectivity index (χ1v) is 13.1. The Bertz CT molecular complexity index is 1070. The fourth-order valence-corrected chi connectivity index (χ4v) is 5.17. The molecule has 2 aliphatic heterocycles. The summed E-state index contributed by atoms with van der Waals surface area (Å²) in [7, 11) is 1.83. The van der Waals surface area contributed by atoms with Crippen LogP contribution in [0.5, 0.6) is 0 Å². The van der Waals surface area contributed by atoms with E-state index < -0.39 is 0 Å². The van der Waals surface area contributed by atoms with Crippen molar-refractivity contribution < 1.29 is 14.4 Å². The summed E-state index contributed by atoms with van der Waals surface area (Å²) in [5.74, 6) is -0.445. The maximum Gasteiger partial charge on any atom is 0.276 e. The van der Waals surface area contributed by atoms with Crippen LogP contribution in [0, 0.1) is 0 Å². The second kappa shape index (κ2) is 12.2. The quantitative estimate of drug-likeness (QED) is 0.522. The van der Waals surface area contributed by atoms with E-state index in [-0.39, 0.29) is 30.6 Å². The Morgan fingerprint density at radius 2 is 1.89 bits per heavy atom. The van der Waals surface area contributed by atoms with Crippen molar-refractivity contribution in [1.29, 1.82) is 0 Å². The number of nitrogens with zero attached hydrogens (tertiary/aromatic N) is 4. The standard InChI is InChI=1S/C27H38N6O3/c1-20-9-6-7-16-32(20)17-8-15-28-24(34)12-13-25(35)33-18-14-23-22(19-33)26(30-31(23)2)27(36)29-21-10-4-3-5-11-21/h3-5,10-11,20H,6-9,12-19H2,1-2H3,(H,28,34)(H,29,36). The molecule has 1 aromatic carbocycles. The number of rotatable bonds is 9. The van der Waals surface area contributed by atoms with Gasteiger partial charge in [0.1, 0.15) is 0 Å². The van der Waals surface area contributed by atoms with E-state index in [4.69, 9.17) is 0 Å². The minimum Gasteiger partial charge on any atom is -0.356 e. The molecule has 36 heavy (non-hydrogen) atoms. The van der Waals surface area contributed by atoms with Crippen molar-refractivity contribution in [3.63, 3.8) is 0 Å². The predicted octanol–water partition coefficient (Wildman–Crippen LogP) is 2.72. The number of carbonyl (C=O) groups is 3. The zero-order valence-electron chi connectivity index (χ0n) is 21.5. The zero-order valence-corrected chi connectivity index (χ0v) is 21.5. The lowest BCUT2D eigenvalue weighted by Crippen LogP contribution is -2.39. The lowest BCUT2D eigenvalue weighted by atomic mass is 10.0. The van der Waals surface area contributed by atoms with Gasteiger partial charge in [0.05, 0.1) is 0 Å². The molecule has 1 atom stereocenters. The van der Waals surface area contributed by atoms with Crippen LogP contribution in [-0.2, 0) is 29.6 Å². The highest BCUT2D eigenvalue weighted by atomic mass is 16.2. The highest BCUT2D eigenvalue weighted by molar-refractivity contribution is 6.04. The molecule has 1 saturated heterocycles. The van der Waals surface area contributed by atoms with Gasteiger partial charge in [0.25, 0.3) is 5.91 Å². The van der Waals surface area contributed by atoms with E-state index in [0.717, 1.165) is 30.8 Å². The van der Waals surface area contributed by atoms with Crippen molar-refractivity contribution >= 4 is 23.4 Å². The van der Waals surface area contributed by atoms with E-state index in [1.54, 1.807) is 9.58 Å². The summed E-state index contributed by atoms with van der Waals surface area (Å²) in [4.78, 5) is 42.3. The summed E-state index contributed by atoms with van der Waals surface area (Å²) < 4.78 is 1.73. The second-order valence-corrected chi connectivity index (χ2v) is 9.87. The molecule has 3 heterocycles. The van der Waals surface area contributed by atoms with Gasteiger partial charge in [-0.3, -0.25) is 19.1 Å². The number of piperidine rings is 1. The molecule has 194 valence electrons. The Morgan fingerprint density at radius 3 is 2.67 bits per heavy atom. The first kappa shape index (κ1) is 25.9. The van der Waals surface area contributed by atoms with E-state index in [0.29, 0.717) is 43.5 Å². The molecule has 0 spiro atoms. The zero-order chi connectivity index (χ0) is 25.5. The maximum absolute atomic E-state index is 12.9. The fraction of sp³-hybridized carbons (Fsp3) is 0.556. The molecule has 9 nitrogen and oxygen atoms in total. The number of benzene rings is 1. The van der Waals surface area contributed by atoms with Crippen molar-refractivity contribution in [2.45, 2.75) is 64.5 Å². The minimum atomic E-state index is -0.286. The molecular formula is C27H38N6O3. The van der Waals surface area contributed by atoms with Crippen molar-refractivity contribution in [2.24, 2.45) is 7.05 Å². The monoisotopic (exact) mass is 494 g/mol. The highest BCUT2D eigenvalue weighted by Gasteiger charge is 2.29. The summed E-state index contributed by atoms with van der Waals surface area (Å²) in [5.41, 5.74) is 2.79. The number of anilines is 1. The van der Waals surface area contributed by atoms with Gasteiger partial charge in [0.15, 0.2) is 5.69 Å². The van der Waals surface area contributed by atoms with E-state index >= 15 is 0 Å². The molecule has 1 unspecified atom stereocenters. The third-order valence-electron chi connectivity index (χ3n) is 7.29. The smallest absolute Gasteiger partial charge is 0.276 e. The van der Waals surface area contributed by atoms with E-state index in [1.165, 1.54) is 19.3 Å². The molecule has 9 heteroatoms. The summed E-state index contributed by atoms with van der Waals surface area (Å²) in [5, 5.41) is 10.3. The summed E-state index contributed by atoms with van der Waals surface area (Å²) in [6, 6.07) is 9.87. The lowest BCUT2D eigenvalue weighted by Gasteiger charge is -2.33. The van der Waals surface area contributed by atoms with Gasteiger partial charge < -0.3 is 20.4 Å². The third-order valence-corrected chi connectivity index (χ3v) is 7.29. The lowest BCUT2D eigenvalue weighted by molar-refractivity contribution is -0.134. The average Bonchev–Trinajstić information content (AvgIpc) is 3.22. The number of aryl methyl sites for hydroxylation is 1. The van der Waals surface area contributed by atoms with Crippen LogP contribution >= 0.6 is 0 Å².